The van der Waals surface area contributed by atoms with E-state index in [1.54, 1.807) is 24.4 Å². The van der Waals surface area contributed by atoms with Gasteiger partial charge in [0.15, 0.2) is 11.3 Å². The number of benzene rings is 2. The van der Waals surface area contributed by atoms with Gasteiger partial charge in [0.05, 0.1) is 17.2 Å². The number of aromatic nitrogens is 5. The third-order valence-corrected chi connectivity index (χ3v) is 4.73. The van der Waals surface area contributed by atoms with Crippen molar-refractivity contribution in [3.63, 3.8) is 0 Å². The summed E-state index contributed by atoms with van der Waals surface area (Å²) in [6.07, 6.45) is 4.64. The van der Waals surface area contributed by atoms with Gasteiger partial charge in [-0.15, -0.1) is 6.58 Å². The van der Waals surface area contributed by atoms with Crippen molar-refractivity contribution in [2.24, 2.45) is 5.10 Å². The molecule has 5 aromatic rings. The van der Waals surface area contributed by atoms with Crippen LogP contribution >= 0.6 is 0 Å². The molecule has 146 valence electrons. The minimum absolute atomic E-state index is 0.245. The topological polar surface area (TPSA) is 78.0 Å². The second-order valence-electron chi connectivity index (χ2n) is 6.68. The zero-order valence-electron chi connectivity index (χ0n) is 15.7. The molecule has 2 aromatic carbocycles. The number of hydrogen-bond acceptors (Lipinski definition) is 5. The fourth-order valence-corrected chi connectivity index (χ4v) is 3.31. The van der Waals surface area contributed by atoms with E-state index in [1.165, 1.54) is 27.7 Å². The zero-order chi connectivity index (χ0) is 20.7. The molecule has 0 saturated carbocycles. The molecule has 0 aliphatic carbocycles. The maximum atomic E-state index is 13.2. The molecular weight excluding hydrogens is 383 g/mol. The molecule has 0 aliphatic rings. The van der Waals surface area contributed by atoms with Gasteiger partial charge in [-0.05, 0) is 29.8 Å². The Balaban J connectivity index is 1.83. The van der Waals surface area contributed by atoms with Gasteiger partial charge in [-0.1, -0.05) is 30.3 Å². The summed E-state index contributed by atoms with van der Waals surface area (Å²) in [5.41, 5.74) is 3.00. The standard InChI is InChI=1S/C22H15FN6O/c1-2-11-28-13-24-20-18(22(28)30)19-21(27-17-6-4-3-5-16(17)26-19)29(20)25-12-14-7-9-15(23)10-8-14/h2-10,12-13H,1,11H2/b25-12+. The van der Waals surface area contributed by atoms with Gasteiger partial charge in [-0.2, -0.15) is 9.78 Å². The maximum absolute atomic E-state index is 13.2. The molecule has 3 heterocycles. The maximum Gasteiger partial charge on any atom is 0.265 e. The van der Waals surface area contributed by atoms with E-state index in [0.717, 1.165) is 0 Å². The van der Waals surface area contributed by atoms with E-state index in [9.17, 15) is 9.18 Å². The molecular formula is C22H15FN6O. The molecule has 0 amide bonds. The first-order chi connectivity index (χ1) is 14.7. The van der Waals surface area contributed by atoms with Crippen molar-refractivity contribution in [1.82, 2.24) is 24.2 Å². The predicted molar refractivity (Wildman–Crippen MR) is 114 cm³/mol. The lowest BCUT2D eigenvalue weighted by molar-refractivity contribution is 0.628. The Bertz CT molecular complexity index is 1510. The fraction of sp³-hybridized carbons (Fsp3) is 0.0455. The molecule has 0 saturated heterocycles. The summed E-state index contributed by atoms with van der Waals surface area (Å²) < 4.78 is 16.1. The van der Waals surface area contributed by atoms with Gasteiger partial charge < -0.3 is 0 Å². The highest BCUT2D eigenvalue weighted by molar-refractivity contribution is 6.04. The van der Waals surface area contributed by atoms with Crippen LogP contribution in [0.2, 0.25) is 0 Å². The second kappa shape index (κ2) is 7.00. The Morgan fingerprint density at radius 2 is 1.77 bits per heavy atom. The second-order valence-corrected chi connectivity index (χ2v) is 6.68. The van der Waals surface area contributed by atoms with E-state index in [0.29, 0.717) is 45.3 Å². The lowest BCUT2D eigenvalue weighted by Gasteiger charge is -2.01. The molecule has 0 N–H and O–H groups in total. The van der Waals surface area contributed by atoms with Crippen molar-refractivity contribution in [2.45, 2.75) is 6.54 Å². The molecule has 0 unspecified atom stereocenters. The van der Waals surface area contributed by atoms with Gasteiger partial charge in [-0.25, -0.2) is 19.3 Å². The van der Waals surface area contributed by atoms with Gasteiger partial charge in [0, 0.05) is 6.54 Å². The smallest absolute Gasteiger partial charge is 0.265 e. The van der Waals surface area contributed by atoms with Crippen LogP contribution < -0.4 is 5.56 Å². The minimum atomic E-state index is -0.328. The van der Waals surface area contributed by atoms with Crippen molar-refractivity contribution in [3.05, 3.63) is 89.2 Å². The highest BCUT2D eigenvalue weighted by Gasteiger charge is 2.19. The Morgan fingerprint density at radius 3 is 2.50 bits per heavy atom. The van der Waals surface area contributed by atoms with Crippen LogP contribution in [-0.2, 0) is 6.54 Å². The first kappa shape index (κ1) is 17.9. The Hall–Kier alpha value is -4.20. The van der Waals surface area contributed by atoms with E-state index >= 15 is 0 Å². The molecule has 0 spiro atoms. The third kappa shape index (κ3) is 2.86. The molecule has 5 rings (SSSR count). The number of rotatable bonds is 4. The van der Waals surface area contributed by atoms with Gasteiger partial charge in [0.1, 0.15) is 23.0 Å². The van der Waals surface area contributed by atoms with Gasteiger partial charge >= 0.3 is 0 Å². The van der Waals surface area contributed by atoms with E-state index in [2.05, 4.69) is 26.6 Å². The minimum Gasteiger partial charge on any atom is -0.295 e. The zero-order valence-corrected chi connectivity index (χ0v) is 15.7. The monoisotopic (exact) mass is 398 g/mol. The van der Waals surface area contributed by atoms with Crippen LogP contribution in [0, 0.1) is 5.82 Å². The summed E-state index contributed by atoms with van der Waals surface area (Å²) in [4.78, 5) is 26.9. The van der Waals surface area contributed by atoms with Gasteiger partial charge in [0.2, 0.25) is 0 Å². The highest BCUT2D eigenvalue weighted by Crippen LogP contribution is 2.24. The third-order valence-electron chi connectivity index (χ3n) is 4.73. The van der Waals surface area contributed by atoms with E-state index in [-0.39, 0.29) is 11.4 Å². The number of hydrogen-bond donors (Lipinski definition) is 0. The number of para-hydroxylation sites is 2. The Labute approximate surface area is 169 Å². The summed E-state index contributed by atoms with van der Waals surface area (Å²) >= 11 is 0. The van der Waals surface area contributed by atoms with E-state index in [4.69, 9.17) is 0 Å². The normalized spacial score (nSPS) is 11.8. The molecule has 0 atom stereocenters. The lowest BCUT2D eigenvalue weighted by Crippen LogP contribution is -2.19. The number of allylic oxidation sites excluding steroid dienone is 1. The van der Waals surface area contributed by atoms with Crippen LogP contribution in [0.25, 0.3) is 33.2 Å². The quantitative estimate of drug-likeness (QED) is 0.343. The summed E-state index contributed by atoms with van der Waals surface area (Å²) in [6.45, 7) is 4.01. The van der Waals surface area contributed by atoms with Gasteiger partial charge in [-0.3, -0.25) is 9.36 Å². The molecule has 8 heteroatoms. The Kier molecular flexibility index (Phi) is 4.17. The lowest BCUT2D eigenvalue weighted by atomic mass is 10.2. The summed E-state index contributed by atoms with van der Waals surface area (Å²) in [5.74, 6) is -0.328. The highest BCUT2D eigenvalue weighted by atomic mass is 19.1. The van der Waals surface area contributed by atoms with Gasteiger partial charge in [0.25, 0.3) is 5.56 Å². The number of fused-ring (bicyclic) bond motifs is 4. The molecule has 30 heavy (non-hydrogen) atoms. The molecule has 0 bridgehead atoms. The van der Waals surface area contributed by atoms with Crippen LogP contribution in [0.5, 0.6) is 0 Å². The van der Waals surface area contributed by atoms with Crippen LogP contribution in [0.15, 0.2) is 77.4 Å². The predicted octanol–water partition coefficient (Wildman–Crippen LogP) is 3.50. The number of halogens is 1. The van der Waals surface area contributed by atoms with Crippen molar-refractivity contribution >= 4 is 39.4 Å². The first-order valence-corrected chi connectivity index (χ1v) is 9.23. The average Bonchev–Trinajstić information content (AvgIpc) is 3.07. The first-order valence-electron chi connectivity index (χ1n) is 9.23. The SMILES string of the molecule is C=CCn1cnc2c(c1=O)c1nc3ccccc3nc1n2/N=C/c1ccc(F)cc1. The molecule has 0 aliphatic heterocycles. The molecule has 7 nitrogen and oxygen atoms in total. The van der Waals surface area contributed by atoms with Crippen LogP contribution in [0.3, 0.4) is 0 Å². The van der Waals surface area contributed by atoms with E-state index in [1.807, 2.05) is 24.3 Å². The summed E-state index contributed by atoms with van der Waals surface area (Å²) in [7, 11) is 0. The molecule has 0 fully saturated rings. The molecule has 0 radical (unpaired) electrons. The number of nitrogens with zero attached hydrogens (tertiary/aromatic N) is 6. The summed E-state index contributed by atoms with van der Waals surface area (Å²) in [5, 5.41) is 4.82. The Morgan fingerprint density at radius 1 is 1.03 bits per heavy atom. The van der Waals surface area contributed by atoms with Crippen LogP contribution in [-0.4, -0.2) is 30.4 Å². The average molecular weight is 398 g/mol. The van der Waals surface area contributed by atoms with Crippen molar-refractivity contribution < 1.29 is 4.39 Å². The molecule has 3 aromatic heterocycles. The fourth-order valence-electron chi connectivity index (χ4n) is 3.31. The van der Waals surface area contributed by atoms with Crippen LogP contribution in [0.1, 0.15) is 5.56 Å². The van der Waals surface area contributed by atoms with Crippen LogP contribution in [0.4, 0.5) is 4.39 Å². The largest absolute Gasteiger partial charge is 0.295 e. The van der Waals surface area contributed by atoms with Crippen molar-refractivity contribution in [2.75, 3.05) is 0 Å². The summed E-state index contributed by atoms with van der Waals surface area (Å²) in [6, 6.07) is 13.3. The van der Waals surface area contributed by atoms with E-state index < -0.39 is 0 Å². The van der Waals surface area contributed by atoms with Crippen molar-refractivity contribution in [3.8, 4) is 0 Å². The van der Waals surface area contributed by atoms with Crippen molar-refractivity contribution in [1.29, 1.82) is 0 Å².